The van der Waals surface area contributed by atoms with Crippen molar-refractivity contribution in [3.05, 3.63) is 124 Å². The maximum atomic E-state index is 15.5. The number of amides is 4. The van der Waals surface area contributed by atoms with Gasteiger partial charge in [-0.2, -0.15) is 18.2 Å². The average molecular weight is 990 g/mol. The second-order valence-electron chi connectivity index (χ2n) is 15.7. The topological polar surface area (TPSA) is 219 Å². The quantitative estimate of drug-likeness (QED) is 0.0705. The van der Waals surface area contributed by atoms with E-state index in [2.05, 4.69) is 26.3 Å². The Bertz CT molecular complexity index is 2740. The minimum absolute atomic E-state index is 0.0567. The van der Waals surface area contributed by atoms with E-state index in [9.17, 15) is 48.1 Å². The second kappa shape index (κ2) is 15.7. The van der Waals surface area contributed by atoms with Gasteiger partial charge in [0.2, 0.25) is 11.8 Å². The summed E-state index contributed by atoms with van der Waals surface area (Å²) in [6.45, 7) is 0. The lowest BCUT2D eigenvalue weighted by Crippen LogP contribution is -2.53. The fourth-order valence-electron chi connectivity index (χ4n) is 9.78. The number of nitro benzene ring substituents is 2. The number of nitrogens with one attached hydrogen (secondary N) is 1. The number of nitro groups is 2. The molecule has 3 heterocycles. The van der Waals surface area contributed by atoms with Gasteiger partial charge in [-0.05, 0) is 76.1 Å². The number of hydrogen-bond donors (Lipinski definition) is 2. The van der Waals surface area contributed by atoms with Gasteiger partial charge in [0.25, 0.3) is 11.8 Å². The van der Waals surface area contributed by atoms with Crippen LogP contribution in [0.15, 0.2) is 76.9 Å². The molecular formula is C41H31BrCl2F3N7O10. The number of aromatic hydroxyl groups is 1. The van der Waals surface area contributed by atoms with E-state index in [1.807, 2.05) is 0 Å². The van der Waals surface area contributed by atoms with Gasteiger partial charge in [-0.15, -0.1) is 0 Å². The number of nitrogens with zero attached hydrogens (tertiary/aromatic N) is 6. The van der Waals surface area contributed by atoms with Crippen molar-refractivity contribution in [1.82, 2.24) is 9.99 Å². The molecule has 23 heteroatoms. The van der Waals surface area contributed by atoms with Crippen LogP contribution in [-0.4, -0.2) is 69.8 Å². The predicted octanol–water partition coefficient (Wildman–Crippen LogP) is 7.96. The normalized spacial score (nSPS) is 24.0. The highest BCUT2D eigenvalue weighted by molar-refractivity contribution is 9.10. The number of fused-ring (bicyclic) bond motifs is 4. The first kappa shape index (κ1) is 44.3. The van der Waals surface area contributed by atoms with Crippen molar-refractivity contribution in [1.29, 1.82) is 0 Å². The van der Waals surface area contributed by atoms with Gasteiger partial charge in [0, 0.05) is 43.4 Å². The summed E-state index contributed by atoms with van der Waals surface area (Å²) in [6.07, 6.45) is -3.10. The molecule has 3 fully saturated rings. The molecule has 17 nitrogen and oxygen atoms in total. The van der Waals surface area contributed by atoms with Gasteiger partial charge < -0.3 is 14.7 Å². The molecule has 4 aromatic rings. The van der Waals surface area contributed by atoms with Crippen LogP contribution in [-0.2, 0) is 30.8 Å². The number of phenolic OH excluding ortho intramolecular Hbond substituents is 1. The second-order valence-corrected chi connectivity index (χ2v) is 17.4. The molecule has 0 bridgehead atoms. The monoisotopic (exact) mass is 987 g/mol. The van der Waals surface area contributed by atoms with Gasteiger partial charge in [0.05, 0.1) is 60.9 Å². The lowest BCUT2D eigenvalue weighted by molar-refractivity contribution is -0.392. The van der Waals surface area contributed by atoms with Crippen LogP contribution in [0.25, 0.3) is 0 Å². The Kier molecular flexibility index (Phi) is 10.9. The molecule has 2 N–H and O–H groups in total. The number of anilines is 3. The van der Waals surface area contributed by atoms with E-state index in [4.69, 9.17) is 27.9 Å². The third-order valence-electron chi connectivity index (χ3n) is 12.3. The summed E-state index contributed by atoms with van der Waals surface area (Å²) in [5.41, 5.74) is -1.96. The van der Waals surface area contributed by atoms with Crippen LogP contribution in [0.2, 0.25) is 10.0 Å². The summed E-state index contributed by atoms with van der Waals surface area (Å²) in [7, 11) is 4.00. The molecule has 4 amide bonds. The van der Waals surface area contributed by atoms with Crippen molar-refractivity contribution >= 4 is 91.3 Å². The number of phenols is 1. The lowest BCUT2D eigenvalue weighted by atomic mass is 9.49. The third kappa shape index (κ3) is 6.70. The van der Waals surface area contributed by atoms with Gasteiger partial charge >= 0.3 is 17.6 Å². The zero-order valence-corrected chi connectivity index (χ0v) is 36.3. The molecule has 1 saturated carbocycles. The number of imide groups is 2. The Morgan fingerprint density at radius 3 is 2.17 bits per heavy atom. The van der Waals surface area contributed by atoms with Crippen LogP contribution in [0.1, 0.15) is 35.4 Å². The molecule has 2 aliphatic carbocycles. The maximum absolute atomic E-state index is 15.5. The van der Waals surface area contributed by atoms with Crippen molar-refractivity contribution in [2.24, 2.45) is 23.7 Å². The first-order valence-corrected chi connectivity index (χ1v) is 20.6. The van der Waals surface area contributed by atoms with Crippen molar-refractivity contribution in [2.45, 2.75) is 30.4 Å². The molecule has 6 atom stereocenters. The molecule has 0 spiro atoms. The number of alkyl halides is 3. The van der Waals surface area contributed by atoms with Gasteiger partial charge in [0.1, 0.15) is 0 Å². The summed E-state index contributed by atoms with van der Waals surface area (Å²) < 4.78 is 46.3. The zero-order valence-electron chi connectivity index (χ0n) is 33.2. The lowest BCUT2D eigenvalue weighted by Gasteiger charge is -2.50. The zero-order chi connectivity index (χ0) is 46.5. The Balaban J connectivity index is 1.33. The number of carbonyl (C=O) groups is 4. The van der Waals surface area contributed by atoms with Crippen LogP contribution in [0, 0.1) is 43.9 Å². The Morgan fingerprint density at radius 2 is 1.61 bits per heavy atom. The number of methoxy groups -OCH3 is 1. The highest BCUT2D eigenvalue weighted by Gasteiger charge is 2.70. The van der Waals surface area contributed by atoms with Gasteiger partial charge in [-0.25, -0.2) is 9.88 Å². The number of allylic oxidation sites excluding steroid dienone is 2. The van der Waals surface area contributed by atoms with E-state index in [1.54, 1.807) is 6.08 Å². The first-order valence-electron chi connectivity index (χ1n) is 19.0. The minimum Gasteiger partial charge on any atom is -0.503 e. The fourth-order valence-corrected chi connectivity index (χ4v) is 10.6. The molecule has 0 radical (unpaired) electrons. The summed E-state index contributed by atoms with van der Waals surface area (Å²) in [6, 6.07) is 11.4. The number of halogens is 6. The highest BCUT2D eigenvalue weighted by Crippen LogP contribution is 2.65. The third-order valence-corrected chi connectivity index (χ3v) is 13.5. The number of hydrogen-bond acceptors (Lipinski definition) is 13. The van der Waals surface area contributed by atoms with E-state index >= 15 is 9.59 Å². The van der Waals surface area contributed by atoms with Crippen molar-refractivity contribution in [3.8, 4) is 11.5 Å². The Hall–Kier alpha value is -6.32. The van der Waals surface area contributed by atoms with Gasteiger partial charge in [-0.1, -0.05) is 47.0 Å². The number of benzene rings is 3. The van der Waals surface area contributed by atoms with Crippen LogP contribution in [0.5, 0.6) is 11.5 Å². The van der Waals surface area contributed by atoms with Crippen LogP contribution in [0.3, 0.4) is 0 Å². The van der Waals surface area contributed by atoms with Crippen LogP contribution < -0.4 is 20.0 Å². The smallest absolute Gasteiger partial charge is 0.417 e. The van der Waals surface area contributed by atoms with E-state index in [1.165, 1.54) is 57.6 Å². The molecule has 64 heavy (non-hydrogen) atoms. The SMILES string of the molecule is COc1cc(C2C3=CCC4C(=O)N(c5cc([N+](=O)[O-])c(N(C)C)c([N+](=O)[O-])c5)C(=O)C4C3CC3C(=O)N(Nc4ncc(C(F)(F)F)cc4Cl)C(=O)C32c2ccc(Cl)cc2)cc(Br)c1O. The molecule has 2 saturated heterocycles. The number of hydrazine groups is 1. The summed E-state index contributed by atoms with van der Waals surface area (Å²) in [4.78, 5) is 88.2. The summed E-state index contributed by atoms with van der Waals surface area (Å²) >= 11 is 16.0. The number of pyridine rings is 1. The van der Waals surface area contributed by atoms with Crippen molar-refractivity contribution < 1.29 is 52.0 Å². The molecular weight excluding hydrogens is 958 g/mol. The maximum Gasteiger partial charge on any atom is 0.417 e. The number of aromatic nitrogens is 1. The standard InChI is InChI=1S/C41H31BrCl2F3N7O10/c1-50(2)33-28(53(60)61)13-21(14-29(33)54(62)63)51-36(56)23-9-8-22-24(31(23)38(51)58)15-25-37(57)52(49-35-27(44)12-19(16-48-35)41(45,46)47)39(59)40(25,18-4-6-20(43)7-5-18)32(22)17-10-26(42)34(55)30(11-17)64-3/h4-8,10-14,16,23-25,31-32,55H,9,15H2,1-3H3,(H,48,49). The van der Waals surface area contributed by atoms with Crippen LogP contribution in [0.4, 0.5) is 41.7 Å². The Labute approximate surface area is 377 Å². The molecule has 4 aliphatic rings. The van der Waals surface area contributed by atoms with E-state index in [0.717, 1.165) is 17.0 Å². The van der Waals surface area contributed by atoms with E-state index in [-0.39, 0.29) is 50.7 Å². The molecule has 8 rings (SSSR count). The van der Waals surface area contributed by atoms with Crippen molar-refractivity contribution in [2.75, 3.05) is 36.4 Å². The number of rotatable bonds is 9. The molecule has 3 aromatic carbocycles. The predicted molar refractivity (Wildman–Crippen MR) is 226 cm³/mol. The average Bonchev–Trinajstić information content (AvgIpc) is 3.62. The molecule has 6 unspecified atom stereocenters. The van der Waals surface area contributed by atoms with Crippen molar-refractivity contribution in [3.63, 3.8) is 0 Å². The van der Waals surface area contributed by atoms with Gasteiger partial charge in [0.15, 0.2) is 23.0 Å². The summed E-state index contributed by atoms with van der Waals surface area (Å²) in [5.74, 6) is -10.4. The molecule has 1 aromatic heterocycles. The highest BCUT2D eigenvalue weighted by atomic mass is 79.9. The van der Waals surface area contributed by atoms with Crippen LogP contribution >= 0.6 is 39.1 Å². The Morgan fingerprint density at radius 1 is 0.969 bits per heavy atom. The largest absolute Gasteiger partial charge is 0.503 e. The molecule has 2 aliphatic heterocycles. The van der Waals surface area contributed by atoms with E-state index in [0.29, 0.717) is 27.7 Å². The number of ether oxygens (including phenoxy) is 1. The van der Waals surface area contributed by atoms with Gasteiger partial charge in [-0.3, -0.25) is 44.8 Å². The molecule has 332 valence electrons. The first-order chi connectivity index (χ1) is 30.1. The van der Waals surface area contributed by atoms with E-state index < -0.39 is 108 Å². The fraction of sp³-hybridized carbons (Fsp3) is 0.293. The number of carbonyl (C=O) groups excluding carboxylic acids is 4. The summed E-state index contributed by atoms with van der Waals surface area (Å²) in [5, 5.41) is 35.8. The minimum atomic E-state index is -4.83.